The molecular formula is C16H19ClN4O3. The van der Waals surface area contributed by atoms with Crippen LogP contribution in [0.15, 0.2) is 16.7 Å². The molecule has 7 nitrogen and oxygen atoms in total. The first-order valence-corrected chi connectivity index (χ1v) is 8.22. The van der Waals surface area contributed by atoms with E-state index in [1.54, 1.807) is 13.0 Å². The van der Waals surface area contributed by atoms with Gasteiger partial charge in [-0.1, -0.05) is 11.6 Å². The molecule has 24 heavy (non-hydrogen) atoms. The Labute approximate surface area is 144 Å². The van der Waals surface area contributed by atoms with Crippen LogP contribution in [-0.2, 0) is 6.42 Å². The van der Waals surface area contributed by atoms with Crippen LogP contribution in [0.25, 0.3) is 0 Å². The maximum atomic E-state index is 12.3. The van der Waals surface area contributed by atoms with Crippen molar-refractivity contribution < 1.29 is 13.9 Å². The Hall–Kier alpha value is -2.15. The number of hydrogen-bond donors (Lipinski definition) is 1. The summed E-state index contributed by atoms with van der Waals surface area (Å²) in [6.07, 6.45) is 5.07. The molecule has 1 aliphatic carbocycles. The average Bonchev–Trinajstić information content (AvgIpc) is 3.16. The van der Waals surface area contributed by atoms with E-state index < -0.39 is 0 Å². The molecule has 2 atom stereocenters. The zero-order chi connectivity index (χ0) is 17.1. The van der Waals surface area contributed by atoms with Crippen molar-refractivity contribution in [3.05, 3.63) is 34.6 Å². The van der Waals surface area contributed by atoms with Crippen LogP contribution in [0.5, 0.6) is 5.88 Å². The minimum Gasteiger partial charge on any atom is -0.480 e. The van der Waals surface area contributed by atoms with Gasteiger partial charge >= 0.3 is 0 Å². The second kappa shape index (κ2) is 7.17. The topological polar surface area (TPSA) is 90.1 Å². The fourth-order valence-corrected chi connectivity index (χ4v) is 3.27. The minimum absolute atomic E-state index is 0.132. The Morgan fingerprint density at radius 1 is 1.46 bits per heavy atom. The number of nitrogens with one attached hydrogen (secondary N) is 1. The highest BCUT2D eigenvalue weighted by atomic mass is 35.5. The number of ether oxygens (including phenoxy) is 1. The van der Waals surface area contributed by atoms with Crippen molar-refractivity contribution in [2.24, 2.45) is 5.92 Å². The van der Waals surface area contributed by atoms with Gasteiger partial charge in [0.1, 0.15) is 5.02 Å². The number of rotatable bonds is 5. The van der Waals surface area contributed by atoms with Gasteiger partial charge in [-0.2, -0.15) is 0 Å². The molecule has 0 saturated heterocycles. The third-order valence-corrected chi connectivity index (χ3v) is 4.44. The monoisotopic (exact) mass is 350 g/mol. The number of halogens is 1. The normalized spacial score (nSPS) is 20.1. The minimum atomic E-state index is -0.175. The lowest BCUT2D eigenvalue weighted by atomic mass is 10.0. The highest BCUT2D eigenvalue weighted by Crippen LogP contribution is 2.29. The molecule has 1 aliphatic rings. The number of pyridine rings is 1. The Morgan fingerprint density at radius 2 is 2.29 bits per heavy atom. The summed E-state index contributed by atoms with van der Waals surface area (Å²) in [5.74, 6) is 1.82. The van der Waals surface area contributed by atoms with Crippen LogP contribution in [0.2, 0.25) is 5.02 Å². The summed E-state index contributed by atoms with van der Waals surface area (Å²) in [6.45, 7) is 1.78. The second-order valence-corrected chi connectivity index (χ2v) is 6.39. The Morgan fingerprint density at radius 3 is 2.96 bits per heavy atom. The molecule has 2 aromatic rings. The van der Waals surface area contributed by atoms with Gasteiger partial charge in [0.15, 0.2) is 0 Å². The van der Waals surface area contributed by atoms with E-state index in [4.69, 9.17) is 20.8 Å². The van der Waals surface area contributed by atoms with Gasteiger partial charge in [0, 0.05) is 25.6 Å². The summed E-state index contributed by atoms with van der Waals surface area (Å²) in [6, 6.07) is 1.70. The highest BCUT2D eigenvalue weighted by Gasteiger charge is 2.27. The van der Waals surface area contributed by atoms with Gasteiger partial charge in [0.2, 0.25) is 17.7 Å². The van der Waals surface area contributed by atoms with E-state index in [1.165, 1.54) is 13.3 Å². The number of hydrogen-bond acceptors (Lipinski definition) is 6. The lowest BCUT2D eigenvalue weighted by Gasteiger charge is -2.13. The third kappa shape index (κ3) is 3.84. The van der Waals surface area contributed by atoms with Crippen molar-refractivity contribution in [2.75, 3.05) is 7.11 Å². The fraction of sp³-hybridized carbons (Fsp3) is 0.500. The largest absolute Gasteiger partial charge is 0.480 e. The number of aryl methyl sites for hydroxylation is 1. The number of nitrogens with zero attached hydrogens (tertiary/aromatic N) is 3. The lowest BCUT2D eigenvalue weighted by Crippen LogP contribution is -2.33. The average molecular weight is 351 g/mol. The van der Waals surface area contributed by atoms with Crippen molar-refractivity contribution in [1.82, 2.24) is 20.5 Å². The number of aromatic nitrogens is 3. The van der Waals surface area contributed by atoms with Crippen LogP contribution in [0.3, 0.4) is 0 Å². The molecule has 1 amide bonds. The van der Waals surface area contributed by atoms with Crippen molar-refractivity contribution >= 4 is 17.5 Å². The predicted molar refractivity (Wildman–Crippen MR) is 87.1 cm³/mol. The molecule has 1 fully saturated rings. The maximum Gasteiger partial charge on any atom is 0.253 e. The summed E-state index contributed by atoms with van der Waals surface area (Å²) in [4.78, 5) is 16.4. The predicted octanol–water partition coefficient (Wildman–Crippen LogP) is 2.58. The van der Waals surface area contributed by atoms with Crippen molar-refractivity contribution in [1.29, 1.82) is 0 Å². The molecule has 3 rings (SSSR count). The van der Waals surface area contributed by atoms with Crippen LogP contribution >= 0.6 is 11.6 Å². The number of carbonyl (C=O) groups is 1. The quantitative estimate of drug-likeness (QED) is 0.891. The van der Waals surface area contributed by atoms with Crippen molar-refractivity contribution in [3.63, 3.8) is 0 Å². The Bertz CT molecular complexity index is 734. The molecule has 0 radical (unpaired) electrons. The molecule has 1 saturated carbocycles. The van der Waals surface area contributed by atoms with E-state index in [1.807, 2.05) is 0 Å². The SMILES string of the molecule is COc1ncc(C(=O)N[C@H]2CC[C@@H](Cc3nnc(C)o3)C2)cc1Cl. The summed E-state index contributed by atoms with van der Waals surface area (Å²) in [5.41, 5.74) is 0.428. The Balaban J connectivity index is 1.55. The fourth-order valence-electron chi connectivity index (χ4n) is 3.03. The van der Waals surface area contributed by atoms with Crippen LogP contribution < -0.4 is 10.1 Å². The van der Waals surface area contributed by atoms with E-state index in [-0.39, 0.29) is 11.9 Å². The number of carbonyl (C=O) groups excluding carboxylic acids is 1. The first-order valence-electron chi connectivity index (χ1n) is 7.84. The van der Waals surface area contributed by atoms with Crippen molar-refractivity contribution in [2.45, 2.75) is 38.6 Å². The van der Waals surface area contributed by atoms with Gasteiger partial charge in [0.25, 0.3) is 5.91 Å². The first kappa shape index (κ1) is 16.7. The summed E-state index contributed by atoms with van der Waals surface area (Å²) >= 11 is 6.01. The smallest absolute Gasteiger partial charge is 0.253 e. The Kier molecular flexibility index (Phi) is 4.99. The molecule has 0 bridgehead atoms. The lowest BCUT2D eigenvalue weighted by molar-refractivity contribution is 0.0936. The van der Waals surface area contributed by atoms with Gasteiger partial charge < -0.3 is 14.5 Å². The van der Waals surface area contributed by atoms with Gasteiger partial charge in [-0.25, -0.2) is 4.98 Å². The molecular weight excluding hydrogens is 332 g/mol. The standard InChI is InChI=1S/C16H19ClN4O3/c1-9-20-21-14(24-9)6-10-3-4-12(5-10)19-15(22)11-7-13(17)16(23-2)18-8-11/h7-8,10,12H,3-6H2,1-2H3,(H,19,22)/t10-,12+/m1/s1. The van der Waals surface area contributed by atoms with Gasteiger partial charge in [-0.3, -0.25) is 4.79 Å². The molecule has 0 aliphatic heterocycles. The summed E-state index contributed by atoms with van der Waals surface area (Å²) < 4.78 is 10.4. The van der Waals surface area contributed by atoms with E-state index in [2.05, 4.69) is 20.5 Å². The molecule has 2 heterocycles. The van der Waals surface area contributed by atoms with Crippen LogP contribution in [0.4, 0.5) is 0 Å². The van der Waals surface area contributed by atoms with E-state index >= 15 is 0 Å². The van der Waals surface area contributed by atoms with E-state index in [9.17, 15) is 4.79 Å². The summed E-state index contributed by atoms with van der Waals surface area (Å²) in [7, 11) is 1.48. The van der Waals surface area contributed by atoms with Gasteiger partial charge in [-0.05, 0) is 31.2 Å². The molecule has 8 heteroatoms. The second-order valence-electron chi connectivity index (χ2n) is 5.98. The molecule has 0 spiro atoms. The molecule has 128 valence electrons. The van der Waals surface area contributed by atoms with Crippen LogP contribution in [0.1, 0.15) is 41.4 Å². The number of methoxy groups -OCH3 is 1. The highest BCUT2D eigenvalue weighted by molar-refractivity contribution is 6.32. The zero-order valence-electron chi connectivity index (χ0n) is 13.6. The van der Waals surface area contributed by atoms with E-state index in [0.29, 0.717) is 34.2 Å². The van der Waals surface area contributed by atoms with Crippen LogP contribution in [-0.4, -0.2) is 34.2 Å². The van der Waals surface area contributed by atoms with Crippen molar-refractivity contribution in [3.8, 4) is 5.88 Å². The molecule has 0 aromatic carbocycles. The van der Waals surface area contributed by atoms with Gasteiger partial charge in [-0.15, -0.1) is 10.2 Å². The van der Waals surface area contributed by atoms with Gasteiger partial charge in [0.05, 0.1) is 12.7 Å². The third-order valence-electron chi connectivity index (χ3n) is 4.17. The van der Waals surface area contributed by atoms with Crippen LogP contribution in [0, 0.1) is 12.8 Å². The zero-order valence-corrected chi connectivity index (χ0v) is 14.3. The maximum absolute atomic E-state index is 12.3. The number of amides is 1. The molecule has 2 aromatic heterocycles. The molecule has 1 N–H and O–H groups in total. The first-order chi connectivity index (χ1) is 11.5. The molecule has 0 unspecified atom stereocenters. The van der Waals surface area contributed by atoms with E-state index in [0.717, 1.165) is 25.7 Å². The summed E-state index contributed by atoms with van der Waals surface area (Å²) in [5, 5.41) is 11.2.